The van der Waals surface area contributed by atoms with E-state index in [0.717, 1.165) is 29.7 Å². The number of carbonyl (C=O) groups is 1. The lowest BCUT2D eigenvalue weighted by Gasteiger charge is -2.11. The van der Waals surface area contributed by atoms with E-state index in [1.54, 1.807) is 14.2 Å². The number of aromatic nitrogens is 3. The van der Waals surface area contributed by atoms with Crippen molar-refractivity contribution >= 4 is 16.9 Å². The Morgan fingerprint density at radius 3 is 2.50 bits per heavy atom. The molecule has 1 amide bonds. The van der Waals surface area contributed by atoms with Crippen LogP contribution in [0.3, 0.4) is 0 Å². The van der Waals surface area contributed by atoms with Crippen LogP contribution in [-0.2, 0) is 0 Å². The lowest BCUT2D eigenvalue weighted by Crippen LogP contribution is -2.24. The smallest absolute Gasteiger partial charge is 0.252 e. The molecule has 0 fully saturated rings. The summed E-state index contributed by atoms with van der Waals surface area (Å²) < 4.78 is 10.8. The van der Waals surface area contributed by atoms with Crippen LogP contribution in [0.15, 0.2) is 54.6 Å². The summed E-state index contributed by atoms with van der Waals surface area (Å²) in [5, 5.41) is 11.2. The Hall–Kier alpha value is -3.87. The second-order valence-electron chi connectivity index (χ2n) is 7.40. The lowest BCUT2D eigenvalue weighted by molar-refractivity contribution is 0.0955. The van der Waals surface area contributed by atoms with E-state index in [2.05, 4.69) is 22.4 Å². The predicted octanol–water partition coefficient (Wildman–Crippen LogP) is 4.84. The first-order valence-corrected chi connectivity index (χ1v) is 10.6. The first-order chi connectivity index (χ1) is 15.7. The fourth-order valence-electron chi connectivity index (χ4n) is 3.63. The molecule has 0 spiro atoms. The number of aromatic amines is 1. The molecule has 0 radical (unpaired) electrons. The van der Waals surface area contributed by atoms with Crippen molar-refractivity contribution in [3.8, 4) is 34.0 Å². The van der Waals surface area contributed by atoms with Crippen LogP contribution in [0.2, 0.25) is 0 Å². The molecule has 0 atom stereocenters. The molecule has 0 aliphatic rings. The first-order valence-electron chi connectivity index (χ1n) is 10.6. The van der Waals surface area contributed by atoms with Crippen molar-refractivity contribution in [1.82, 2.24) is 20.5 Å². The summed E-state index contributed by atoms with van der Waals surface area (Å²) in [6, 6.07) is 17.2. The molecule has 0 bridgehead atoms. The molecule has 4 aromatic rings. The van der Waals surface area contributed by atoms with Gasteiger partial charge in [-0.2, -0.15) is 5.10 Å². The van der Waals surface area contributed by atoms with Crippen LogP contribution >= 0.6 is 0 Å². The van der Waals surface area contributed by atoms with Gasteiger partial charge in [-0.1, -0.05) is 43.7 Å². The Kier molecular flexibility index (Phi) is 6.35. The Labute approximate surface area is 186 Å². The van der Waals surface area contributed by atoms with Crippen LogP contribution in [0, 0.1) is 0 Å². The van der Waals surface area contributed by atoms with E-state index >= 15 is 0 Å². The van der Waals surface area contributed by atoms with Gasteiger partial charge < -0.3 is 14.8 Å². The number of hydrogen-bond donors (Lipinski definition) is 2. The molecule has 0 aliphatic heterocycles. The molecular weight excluding hydrogens is 404 g/mol. The number of unbranched alkanes of at least 4 members (excludes halogenated alkanes) is 1. The highest BCUT2D eigenvalue weighted by Gasteiger charge is 2.20. The van der Waals surface area contributed by atoms with Gasteiger partial charge in [-0.3, -0.25) is 9.89 Å². The summed E-state index contributed by atoms with van der Waals surface area (Å²) in [7, 11) is 3.18. The fourth-order valence-corrected chi connectivity index (χ4v) is 3.63. The van der Waals surface area contributed by atoms with Gasteiger partial charge in [-0.05, 0) is 30.7 Å². The van der Waals surface area contributed by atoms with Gasteiger partial charge in [0.05, 0.1) is 36.6 Å². The molecule has 7 nitrogen and oxygen atoms in total. The largest absolute Gasteiger partial charge is 0.493 e. The zero-order valence-corrected chi connectivity index (χ0v) is 18.4. The number of ether oxygens (including phenoxy) is 2. The highest BCUT2D eigenvalue weighted by Crippen LogP contribution is 2.35. The first kappa shape index (κ1) is 21.4. The summed E-state index contributed by atoms with van der Waals surface area (Å²) in [6.45, 7) is 2.71. The van der Waals surface area contributed by atoms with E-state index in [1.165, 1.54) is 0 Å². The second kappa shape index (κ2) is 9.51. The van der Waals surface area contributed by atoms with Gasteiger partial charge >= 0.3 is 0 Å². The maximum Gasteiger partial charge on any atom is 0.252 e. The van der Waals surface area contributed by atoms with Gasteiger partial charge in [-0.25, -0.2) is 4.98 Å². The number of hydrogen-bond acceptors (Lipinski definition) is 5. The van der Waals surface area contributed by atoms with E-state index in [0.29, 0.717) is 40.3 Å². The maximum absolute atomic E-state index is 13.2. The average molecular weight is 431 g/mol. The Morgan fingerprint density at radius 1 is 1.00 bits per heavy atom. The maximum atomic E-state index is 13.2. The van der Waals surface area contributed by atoms with Crippen LogP contribution in [0.4, 0.5) is 0 Å². The van der Waals surface area contributed by atoms with Gasteiger partial charge in [0, 0.05) is 17.7 Å². The number of benzene rings is 2. The Morgan fingerprint density at radius 2 is 1.78 bits per heavy atom. The number of H-pyrrole nitrogens is 1. The summed E-state index contributed by atoms with van der Waals surface area (Å²) in [6.07, 6.45) is 1.92. The van der Waals surface area contributed by atoms with Crippen LogP contribution < -0.4 is 14.8 Å². The van der Waals surface area contributed by atoms with Crippen molar-refractivity contribution in [2.75, 3.05) is 20.8 Å². The predicted molar refractivity (Wildman–Crippen MR) is 125 cm³/mol. The molecule has 2 N–H and O–H groups in total. The van der Waals surface area contributed by atoms with Crippen LogP contribution in [0.1, 0.15) is 30.1 Å². The van der Waals surface area contributed by atoms with Crippen LogP contribution in [0.5, 0.6) is 11.5 Å². The average Bonchev–Trinajstić information content (AvgIpc) is 3.27. The zero-order valence-electron chi connectivity index (χ0n) is 18.4. The highest BCUT2D eigenvalue weighted by atomic mass is 16.5. The van der Waals surface area contributed by atoms with Gasteiger partial charge in [0.25, 0.3) is 5.91 Å². The van der Waals surface area contributed by atoms with Gasteiger partial charge in [0.2, 0.25) is 0 Å². The molecular formula is C25H26N4O3. The van der Waals surface area contributed by atoms with E-state index in [9.17, 15) is 4.79 Å². The fraction of sp³-hybridized carbons (Fsp3) is 0.240. The summed E-state index contributed by atoms with van der Waals surface area (Å²) in [5.41, 5.74) is 4.16. The molecule has 2 aromatic heterocycles. The van der Waals surface area contributed by atoms with Crippen molar-refractivity contribution in [2.24, 2.45) is 0 Å². The molecule has 164 valence electrons. The van der Waals surface area contributed by atoms with Gasteiger partial charge in [-0.15, -0.1) is 0 Å². The quantitative estimate of drug-likeness (QED) is 0.391. The topological polar surface area (TPSA) is 89.1 Å². The molecule has 0 saturated carbocycles. The van der Waals surface area contributed by atoms with Crippen molar-refractivity contribution < 1.29 is 14.3 Å². The van der Waals surface area contributed by atoms with Crippen molar-refractivity contribution in [3.05, 3.63) is 60.2 Å². The van der Waals surface area contributed by atoms with Crippen molar-refractivity contribution in [3.63, 3.8) is 0 Å². The summed E-state index contributed by atoms with van der Waals surface area (Å²) >= 11 is 0. The zero-order chi connectivity index (χ0) is 22.5. The minimum atomic E-state index is -0.147. The van der Waals surface area contributed by atoms with E-state index in [-0.39, 0.29) is 5.91 Å². The number of carbonyl (C=O) groups excluding carboxylic acids is 1. The number of nitrogens with zero attached hydrogens (tertiary/aromatic N) is 2. The molecule has 2 aromatic carbocycles. The Bertz CT molecular complexity index is 1230. The number of rotatable bonds is 8. The molecule has 4 rings (SSSR count). The molecule has 0 unspecified atom stereocenters. The molecule has 0 aliphatic carbocycles. The van der Waals surface area contributed by atoms with Crippen molar-refractivity contribution in [1.29, 1.82) is 0 Å². The minimum absolute atomic E-state index is 0.147. The number of pyridine rings is 1. The number of fused-ring (bicyclic) bond motifs is 1. The second-order valence-corrected chi connectivity index (χ2v) is 7.40. The molecule has 2 heterocycles. The van der Waals surface area contributed by atoms with E-state index in [1.807, 2.05) is 54.6 Å². The van der Waals surface area contributed by atoms with Gasteiger partial charge in [0.1, 0.15) is 0 Å². The SMILES string of the molecule is CCCCNC(=O)c1cc(-c2ccc(OC)c(OC)c2)nc2n[nH]c(-c3ccccc3)c12. The number of amides is 1. The monoisotopic (exact) mass is 430 g/mol. The van der Waals surface area contributed by atoms with Gasteiger partial charge in [0.15, 0.2) is 17.1 Å². The van der Waals surface area contributed by atoms with Crippen molar-refractivity contribution in [2.45, 2.75) is 19.8 Å². The summed E-state index contributed by atoms with van der Waals surface area (Å²) in [4.78, 5) is 17.9. The summed E-state index contributed by atoms with van der Waals surface area (Å²) in [5.74, 6) is 1.07. The van der Waals surface area contributed by atoms with E-state index < -0.39 is 0 Å². The Balaban J connectivity index is 1.87. The minimum Gasteiger partial charge on any atom is -0.493 e. The number of methoxy groups -OCH3 is 2. The standard InChI is InChI=1S/C25H26N4O3/c1-4-5-13-26-25(30)18-15-19(17-11-12-20(31-2)21(14-17)32-3)27-24-22(18)23(28-29-24)16-9-7-6-8-10-16/h6-12,14-15H,4-5,13H2,1-3H3,(H,26,30)(H,27,28,29). The third-order valence-electron chi connectivity index (χ3n) is 5.33. The van der Waals surface area contributed by atoms with E-state index in [4.69, 9.17) is 14.5 Å². The highest BCUT2D eigenvalue weighted by molar-refractivity contribution is 6.11. The third kappa shape index (κ3) is 4.14. The molecule has 0 saturated heterocycles. The normalized spacial score (nSPS) is 10.8. The van der Waals surface area contributed by atoms with Crippen LogP contribution in [0.25, 0.3) is 33.5 Å². The molecule has 7 heteroatoms. The molecule has 32 heavy (non-hydrogen) atoms. The number of nitrogens with one attached hydrogen (secondary N) is 2. The van der Waals surface area contributed by atoms with Crippen LogP contribution in [-0.4, -0.2) is 41.9 Å². The third-order valence-corrected chi connectivity index (χ3v) is 5.33. The lowest BCUT2D eigenvalue weighted by atomic mass is 10.0.